The molecule has 1 saturated heterocycles. The average Bonchev–Trinajstić information content (AvgIpc) is 3.58. The number of ketones is 1. The lowest BCUT2D eigenvalue weighted by atomic mass is 9.91. The molecule has 0 amide bonds. The number of hydrogen-bond donors (Lipinski definition) is 0. The lowest BCUT2D eigenvalue weighted by molar-refractivity contribution is -0.141. The summed E-state index contributed by atoms with van der Waals surface area (Å²) in [6.45, 7) is 3.47. The number of rotatable bonds is 9. The number of hydrogen-bond acceptors (Lipinski definition) is 4. The van der Waals surface area contributed by atoms with E-state index >= 15 is 0 Å². The van der Waals surface area contributed by atoms with E-state index in [1.165, 1.54) is 31.3 Å². The van der Waals surface area contributed by atoms with Gasteiger partial charge in [0.2, 0.25) is 0 Å². The van der Waals surface area contributed by atoms with Crippen molar-refractivity contribution in [3.05, 3.63) is 34.6 Å². The number of Topliss-reactive ketones (excluding diaryl/α,β-unsaturated/α-hetero) is 1. The summed E-state index contributed by atoms with van der Waals surface area (Å²) in [7, 11) is 0. The van der Waals surface area contributed by atoms with Crippen LogP contribution in [0.25, 0.3) is 0 Å². The second kappa shape index (κ2) is 8.67. The van der Waals surface area contributed by atoms with Crippen molar-refractivity contribution in [2.45, 2.75) is 71.1 Å². The smallest absolute Gasteiger partial charge is 0.309 e. The predicted octanol–water partition coefficient (Wildman–Crippen LogP) is 5.05. The Morgan fingerprint density at radius 1 is 1.14 bits per heavy atom. The molecule has 4 heteroatoms. The van der Waals surface area contributed by atoms with E-state index in [2.05, 4.69) is 13.0 Å². The third-order valence-corrected chi connectivity index (χ3v) is 6.45. The number of ether oxygens (including phenoxy) is 2. The van der Waals surface area contributed by atoms with Gasteiger partial charge in [0.25, 0.3) is 0 Å². The van der Waals surface area contributed by atoms with Gasteiger partial charge in [0.1, 0.15) is 0 Å². The first-order valence-electron chi connectivity index (χ1n) is 11.1. The van der Waals surface area contributed by atoms with Gasteiger partial charge in [-0.3, -0.25) is 9.59 Å². The molecular formula is C24H32O4. The maximum atomic E-state index is 12.9. The quantitative estimate of drug-likeness (QED) is 0.522. The molecule has 1 heterocycles. The van der Waals surface area contributed by atoms with Gasteiger partial charge in [0.15, 0.2) is 5.78 Å². The average molecular weight is 385 g/mol. The summed E-state index contributed by atoms with van der Waals surface area (Å²) in [6, 6.07) is 0. The highest BCUT2D eigenvalue weighted by atomic mass is 16.5. The Balaban J connectivity index is 1.38. The Morgan fingerprint density at radius 2 is 1.96 bits per heavy atom. The lowest BCUT2D eigenvalue weighted by Crippen LogP contribution is -2.10. The number of carbonyl (C=O) groups is 2. The minimum Gasteiger partial charge on any atom is -0.497 e. The van der Waals surface area contributed by atoms with Crippen LogP contribution >= 0.6 is 0 Å². The van der Waals surface area contributed by atoms with E-state index in [1.54, 1.807) is 0 Å². The maximum Gasteiger partial charge on any atom is 0.309 e. The SMILES string of the molecule is CC1=C(C(=O)CCCC2CCOC2=O)C=CC(C2CC2)=C(OCC2CC2)CC1. The molecule has 3 fully saturated rings. The molecule has 0 radical (unpaired) electrons. The van der Waals surface area contributed by atoms with Gasteiger partial charge in [-0.15, -0.1) is 0 Å². The zero-order valence-corrected chi connectivity index (χ0v) is 17.0. The molecule has 0 N–H and O–H groups in total. The Hall–Kier alpha value is -1.84. The normalized spacial score (nSPS) is 25.6. The van der Waals surface area contributed by atoms with Crippen molar-refractivity contribution in [3.63, 3.8) is 0 Å². The van der Waals surface area contributed by atoms with Crippen molar-refractivity contribution in [3.8, 4) is 0 Å². The second-order valence-corrected chi connectivity index (χ2v) is 8.90. The van der Waals surface area contributed by atoms with E-state index < -0.39 is 0 Å². The summed E-state index contributed by atoms with van der Waals surface area (Å²) in [6.07, 6.45) is 13.9. The van der Waals surface area contributed by atoms with Gasteiger partial charge in [-0.25, -0.2) is 0 Å². The highest BCUT2D eigenvalue weighted by Crippen LogP contribution is 2.42. The zero-order valence-electron chi connectivity index (χ0n) is 17.0. The van der Waals surface area contributed by atoms with Crippen LogP contribution in [0.2, 0.25) is 0 Å². The fourth-order valence-corrected chi connectivity index (χ4v) is 4.18. The van der Waals surface area contributed by atoms with E-state index in [0.717, 1.165) is 61.5 Å². The van der Waals surface area contributed by atoms with Crippen LogP contribution in [-0.4, -0.2) is 25.0 Å². The summed E-state index contributed by atoms with van der Waals surface area (Å²) in [5.74, 6) is 2.65. The molecule has 1 aliphatic heterocycles. The highest BCUT2D eigenvalue weighted by Gasteiger charge is 2.30. The maximum absolute atomic E-state index is 12.9. The van der Waals surface area contributed by atoms with Crippen molar-refractivity contribution in [2.75, 3.05) is 13.2 Å². The molecule has 2 saturated carbocycles. The molecule has 0 aromatic carbocycles. The van der Waals surface area contributed by atoms with Gasteiger partial charge in [-0.1, -0.05) is 17.7 Å². The summed E-state index contributed by atoms with van der Waals surface area (Å²) < 4.78 is 11.2. The molecule has 4 rings (SSSR count). The van der Waals surface area contributed by atoms with Crippen LogP contribution in [0, 0.1) is 17.8 Å². The first-order valence-corrected chi connectivity index (χ1v) is 11.1. The third-order valence-electron chi connectivity index (χ3n) is 6.45. The molecule has 4 nitrogen and oxygen atoms in total. The summed E-state index contributed by atoms with van der Waals surface area (Å²) in [5, 5.41) is 0. The Morgan fingerprint density at radius 3 is 2.64 bits per heavy atom. The number of cyclic esters (lactones) is 1. The molecule has 28 heavy (non-hydrogen) atoms. The summed E-state index contributed by atoms with van der Waals surface area (Å²) in [5.41, 5.74) is 3.35. The summed E-state index contributed by atoms with van der Waals surface area (Å²) in [4.78, 5) is 24.4. The number of allylic oxidation sites excluding steroid dienone is 6. The first-order chi connectivity index (χ1) is 13.6. The monoisotopic (exact) mass is 384 g/mol. The van der Waals surface area contributed by atoms with Crippen LogP contribution in [0.1, 0.15) is 71.1 Å². The molecular weight excluding hydrogens is 352 g/mol. The largest absolute Gasteiger partial charge is 0.497 e. The van der Waals surface area contributed by atoms with Crippen molar-refractivity contribution >= 4 is 11.8 Å². The van der Waals surface area contributed by atoms with Crippen LogP contribution < -0.4 is 0 Å². The van der Waals surface area contributed by atoms with E-state index in [-0.39, 0.29) is 17.7 Å². The minimum atomic E-state index is -0.0911. The molecule has 1 atom stereocenters. The van der Waals surface area contributed by atoms with E-state index in [1.807, 2.05) is 6.08 Å². The van der Waals surface area contributed by atoms with E-state index in [4.69, 9.17) is 9.47 Å². The summed E-state index contributed by atoms with van der Waals surface area (Å²) >= 11 is 0. The molecule has 0 spiro atoms. The van der Waals surface area contributed by atoms with Crippen molar-refractivity contribution in [2.24, 2.45) is 17.8 Å². The molecule has 3 aliphatic carbocycles. The number of carbonyl (C=O) groups excluding carboxylic acids is 2. The topological polar surface area (TPSA) is 52.6 Å². The highest BCUT2D eigenvalue weighted by molar-refractivity contribution is 5.98. The Kier molecular flexibility index (Phi) is 6.03. The van der Waals surface area contributed by atoms with Crippen LogP contribution in [0.5, 0.6) is 0 Å². The molecule has 4 aliphatic rings. The van der Waals surface area contributed by atoms with E-state index in [9.17, 15) is 9.59 Å². The Bertz CT molecular complexity index is 719. The molecule has 0 aromatic heterocycles. The molecule has 0 aromatic rings. The van der Waals surface area contributed by atoms with Crippen molar-refractivity contribution in [1.82, 2.24) is 0 Å². The van der Waals surface area contributed by atoms with Gasteiger partial charge in [-0.05, 0) is 75.7 Å². The van der Waals surface area contributed by atoms with Crippen molar-refractivity contribution in [1.29, 1.82) is 0 Å². The second-order valence-electron chi connectivity index (χ2n) is 8.90. The molecule has 0 bridgehead atoms. The minimum absolute atomic E-state index is 0.00803. The van der Waals surface area contributed by atoms with Gasteiger partial charge >= 0.3 is 5.97 Å². The van der Waals surface area contributed by atoms with Gasteiger partial charge in [0, 0.05) is 18.4 Å². The molecule has 152 valence electrons. The zero-order chi connectivity index (χ0) is 19.5. The van der Waals surface area contributed by atoms with Crippen LogP contribution in [0.3, 0.4) is 0 Å². The van der Waals surface area contributed by atoms with Crippen LogP contribution in [0.4, 0.5) is 0 Å². The standard InChI is InChI=1S/C24H32O4/c1-16-5-12-23(28-15-17-6-7-17)21(18-8-9-18)11-10-20(16)22(25)4-2-3-19-13-14-27-24(19)26/h10-11,17-19H,2-9,12-15H2,1H3. The number of esters is 1. The first kappa shape index (κ1) is 19.5. The predicted molar refractivity (Wildman–Crippen MR) is 107 cm³/mol. The molecule has 1 unspecified atom stereocenters. The Labute approximate surface area is 168 Å². The fourth-order valence-electron chi connectivity index (χ4n) is 4.18. The fraction of sp³-hybridized carbons (Fsp3) is 0.667. The lowest BCUT2D eigenvalue weighted by Gasteiger charge is -2.18. The van der Waals surface area contributed by atoms with Gasteiger partial charge in [-0.2, -0.15) is 0 Å². The van der Waals surface area contributed by atoms with Gasteiger partial charge < -0.3 is 9.47 Å². The van der Waals surface area contributed by atoms with Crippen LogP contribution in [0.15, 0.2) is 34.6 Å². The van der Waals surface area contributed by atoms with E-state index in [0.29, 0.717) is 18.9 Å². The van der Waals surface area contributed by atoms with Gasteiger partial charge in [0.05, 0.1) is 24.9 Å². The van der Waals surface area contributed by atoms with Crippen molar-refractivity contribution < 1.29 is 19.1 Å². The van der Waals surface area contributed by atoms with Crippen LogP contribution in [-0.2, 0) is 19.1 Å². The third kappa shape index (κ3) is 4.95.